The Labute approximate surface area is 133 Å². The van der Waals surface area contributed by atoms with Crippen LogP contribution in [0.15, 0.2) is 11.6 Å². The van der Waals surface area contributed by atoms with Crippen LogP contribution in [0.25, 0.3) is 0 Å². The van der Waals surface area contributed by atoms with Crippen LogP contribution >= 0.6 is 0 Å². The van der Waals surface area contributed by atoms with Gasteiger partial charge in [-0.1, -0.05) is 20.8 Å². The molecule has 1 unspecified atom stereocenters. The second-order valence-corrected chi connectivity index (χ2v) is 8.97. The van der Waals surface area contributed by atoms with E-state index in [1.54, 1.807) is 6.08 Å². The summed E-state index contributed by atoms with van der Waals surface area (Å²) in [6.07, 6.45) is 9.12. The molecule has 0 radical (unpaired) electrons. The second kappa shape index (κ2) is 4.55. The fourth-order valence-electron chi connectivity index (χ4n) is 6.65. The molecule has 0 aromatic heterocycles. The third kappa shape index (κ3) is 1.73. The third-order valence-corrected chi connectivity index (χ3v) is 8.26. The third-order valence-electron chi connectivity index (χ3n) is 8.26. The first-order valence-electron chi connectivity index (χ1n) is 9.14. The van der Waals surface area contributed by atoms with Crippen molar-refractivity contribution in [1.29, 1.82) is 0 Å². The number of ketones is 2. The molecule has 4 aliphatic carbocycles. The number of hydrogen-bond acceptors (Lipinski definition) is 2. The molecule has 0 aliphatic heterocycles. The molecule has 6 atom stereocenters. The average molecular weight is 300 g/mol. The highest BCUT2D eigenvalue weighted by molar-refractivity contribution is 6.05. The maximum atomic E-state index is 12.8. The van der Waals surface area contributed by atoms with Crippen molar-refractivity contribution < 1.29 is 9.59 Å². The molecule has 2 heteroatoms. The Bertz CT molecular complexity index is 574. The summed E-state index contributed by atoms with van der Waals surface area (Å²) >= 11 is 0. The first-order chi connectivity index (χ1) is 10.4. The van der Waals surface area contributed by atoms with Crippen molar-refractivity contribution in [3.63, 3.8) is 0 Å². The maximum Gasteiger partial charge on any atom is 0.159 e. The Morgan fingerprint density at radius 3 is 2.59 bits per heavy atom. The van der Waals surface area contributed by atoms with E-state index in [4.69, 9.17) is 0 Å². The van der Waals surface area contributed by atoms with Crippen LogP contribution in [0.5, 0.6) is 0 Å². The van der Waals surface area contributed by atoms with Gasteiger partial charge in [-0.3, -0.25) is 9.59 Å². The standard InChI is InChI=1S/C20H28O2/c1-12-4-5-15-14-11-18(22)17-10-13(21)6-8-20(17,3)16(14)7-9-19(12,15)2/h10,12,14-16H,4-9,11H2,1-3H3/t12?,14-,15-,16+,19+,20+/m0/s1. The minimum atomic E-state index is -0.0267. The molecule has 0 saturated heterocycles. The van der Waals surface area contributed by atoms with Gasteiger partial charge in [0.15, 0.2) is 11.6 Å². The highest BCUT2D eigenvalue weighted by Crippen LogP contribution is 2.65. The number of fused-ring (bicyclic) bond motifs is 5. The van der Waals surface area contributed by atoms with Gasteiger partial charge in [0.25, 0.3) is 0 Å². The monoisotopic (exact) mass is 300 g/mol. The van der Waals surface area contributed by atoms with E-state index in [1.165, 1.54) is 25.7 Å². The summed E-state index contributed by atoms with van der Waals surface area (Å²) in [5.41, 5.74) is 1.30. The molecule has 0 amide bonds. The number of carbonyl (C=O) groups is 2. The zero-order valence-corrected chi connectivity index (χ0v) is 14.2. The lowest BCUT2D eigenvalue weighted by Crippen LogP contribution is -2.52. The number of allylic oxidation sites excluding steroid dienone is 1. The quantitative estimate of drug-likeness (QED) is 0.667. The SMILES string of the molecule is CC1CC[C@H]2[C@@H]3CC(=O)C4=CC(=O)CC[C@]4(C)[C@@H]3CC[C@]12C. The van der Waals surface area contributed by atoms with E-state index in [-0.39, 0.29) is 17.0 Å². The molecule has 2 nitrogen and oxygen atoms in total. The van der Waals surface area contributed by atoms with E-state index in [9.17, 15) is 9.59 Å². The van der Waals surface area contributed by atoms with Gasteiger partial charge in [-0.2, -0.15) is 0 Å². The van der Waals surface area contributed by atoms with Gasteiger partial charge in [0.1, 0.15) is 0 Å². The lowest BCUT2D eigenvalue weighted by atomic mass is 9.46. The van der Waals surface area contributed by atoms with E-state index in [2.05, 4.69) is 20.8 Å². The molecule has 3 fully saturated rings. The highest BCUT2D eigenvalue weighted by atomic mass is 16.1. The van der Waals surface area contributed by atoms with Crippen molar-refractivity contribution in [1.82, 2.24) is 0 Å². The molecular formula is C20H28O2. The van der Waals surface area contributed by atoms with E-state index >= 15 is 0 Å². The van der Waals surface area contributed by atoms with E-state index in [1.807, 2.05) is 0 Å². The molecule has 0 spiro atoms. The van der Waals surface area contributed by atoms with E-state index in [0.717, 1.165) is 23.8 Å². The van der Waals surface area contributed by atoms with Gasteiger partial charge < -0.3 is 0 Å². The van der Waals surface area contributed by atoms with Gasteiger partial charge in [-0.15, -0.1) is 0 Å². The fourth-order valence-corrected chi connectivity index (χ4v) is 6.65. The minimum Gasteiger partial charge on any atom is -0.295 e. The minimum absolute atomic E-state index is 0.0267. The predicted molar refractivity (Wildman–Crippen MR) is 86.3 cm³/mol. The topological polar surface area (TPSA) is 34.1 Å². The lowest BCUT2D eigenvalue weighted by molar-refractivity contribution is -0.131. The summed E-state index contributed by atoms with van der Waals surface area (Å²) < 4.78 is 0. The van der Waals surface area contributed by atoms with Gasteiger partial charge >= 0.3 is 0 Å². The normalized spacial score (nSPS) is 51.0. The summed E-state index contributed by atoms with van der Waals surface area (Å²) in [7, 11) is 0. The van der Waals surface area contributed by atoms with Gasteiger partial charge in [-0.25, -0.2) is 0 Å². The highest BCUT2D eigenvalue weighted by Gasteiger charge is 2.59. The Balaban J connectivity index is 1.75. The van der Waals surface area contributed by atoms with E-state index < -0.39 is 0 Å². The Morgan fingerprint density at radius 2 is 1.82 bits per heavy atom. The summed E-state index contributed by atoms with van der Waals surface area (Å²) in [6.45, 7) is 7.17. The molecule has 4 aliphatic rings. The summed E-state index contributed by atoms with van der Waals surface area (Å²) in [5, 5.41) is 0. The molecule has 22 heavy (non-hydrogen) atoms. The largest absolute Gasteiger partial charge is 0.295 e. The summed E-state index contributed by atoms with van der Waals surface area (Å²) in [4.78, 5) is 24.6. The number of Topliss-reactive ketones (excluding diaryl/α,β-unsaturated/α-hetero) is 1. The molecule has 0 aromatic carbocycles. The zero-order valence-electron chi connectivity index (χ0n) is 14.2. The first kappa shape index (κ1) is 14.7. The second-order valence-electron chi connectivity index (χ2n) is 8.97. The fraction of sp³-hybridized carbons (Fsp3) is 0.800. The Morgan fingerprint density at radius 1 is 1.05 bits per heavy atom. The van der Waals surface area contributed by atoms with Crippen molar-refractivity contribution in [2.45, 2.75) is 65.7 Å². The smallest absolute Gasteiger partial charge is 0.159 e. The van der Waals surface area contributed by atoms with Crippen LogP contribution in [0.2, 0.25) is 0 Å². The Hall–Kier alpha value is -0.920. The van der Waals surface area contributed by atoms with Gasteiger partial charge in [0, 0.05) is 18.4 Å². The van der Waals surface area contributed by atoms with Crippen molar-refractivity contribution in [2.75, 3.05) is 0 Å². The van der Waals surface area contributed by atoms with Crippen LogP contribution in [0.1, 0.15) is 65.7 Å². The first-order valence-corrected chi connectivity index (χ1v) is 9.14. The van der Waals surface area contributed by atoms with Crippen LogP contribution in [0.4, 0.5) is 0 Å². The van der Waals surface area contributed by atoms with Crippen molar-refractivity contribution in [3.8, 4) is 0 Å². The summed E-state index contributed by atoms with van der Waals surface area (Å²) in [6, 6.07) is 0. The van der Waals surface area contributed by atoms with Crippen molar-refractivity contribution >= 4 is 11.6 Å². The number of carbonyl (C=O) groups excluding carboxylic acids is 2. The predicted octanol–water partition coefficient (Wildman–Crippen LogP) is 4.33. The number of rotatable bonds is 0. The van der Waals surface area contributed by atoms with Crippen molar-refractivity contribution in [3.05, 3.63) is 11.6 Å². The zero-order chi connectivity index (χ0) is 15.7. The molecule has 0 bridgehead atoms. The van der Waals surface area contributed by atoms with E-state index in [0.29, 0.717) is 30.1 Å². The van der Waals surface area contributed by atoms with Gasteiger partial charge in [0.05, 0.1) is 0 Å². The van der Waals surface area contributed by atoms with Crippen molar-refractivity contribution in [2.24, 2.45) is 34.5 Å². The molecule has 0 heterocycles. The van der Waals surface area contributed by atoms with Gasteiger partial charge in [0.2, 0.25) is 0 Å². The van der Waals surface area contributed by atoms with Crippen LogP contribution in [-0.2, 0) is 9.59 Å². The number of hydrogen-bond donors (Lipinski definition) is 0. The molecule has 4 rings (SSSR count). The molecule has 0 N–H and O–H groups in total. The molecule has 0 aromatic rings. The average Bonchev–Trinajstić information content (AvgIpc) is 2.77. The van der Waals surface area contributed by atoms with Crippen LogP contribution in [-0.4, -0.2) is 11.6 Å². The molecule has 3 saturated carbocycles. The maximum absolute atomic E-state index is 12.8. The molecular weight excluding hydrogens is 272 g/mol. The van der Waals surface area contributed by atoms with Gasteiger partial charge in [-0.05, 0) is 72.7 Å². The molecule has 120 valence electrons. The summed E-state index contributed by atoms with van der Waals surface area (Å²) in [5.74, 6) is 3.14. The van der Waals surface area contributed by atoms with Crippen LogP contribution in [0, 0.1) is 34.5 Å². The lowest BCUT2D eigenvalue weighted by Gasteiger charge is -2.57. The Kier molecular flexibility index (Phi) is 3.03. The van der Waals surface area contributed by atoms with Crippen LogP contribution in [0.3, 0.4) is 0 Å². The van der Waals surface area contributed by atoms with Crippen LogP contribution < -0.4 is 0 Å².